The lowest BCUT2D eigenvalue weighted by atomic mass is 9.98. The van der Waals surface area contributed by atoms with E-state index in [2.05, 4.69) is 20.8 Å². The molecule has 0 radical (unpaired) electrons. The Labute approximate surface area is 109 Å². The van der Waals surface area contributed by atoms with Crippen molar-refractivity contribution in [2.75, 3.05) is 0 Å². The molecule has 0 spiro atoms. The van der Waals surface area contributed by atoms with Crippen molar-refractivity contribution in [1.82, 2.24) is 0 Å². The quantitative estimate of drug-likeness (QED) is 0.576. The summed E-state index contributed by atoms with van der Waals surface area (Å²) in [5.74, 6) is 1.20. The van der Waals surface area contributed by atoms with Crippen LogP contribution in [0.1, 0.15) is 62.4 Å². The summed E-state index contributed by atoms with van der Waals surface area (Å²) in [5, 5.41) is 0. The van der Waals surface area contributed by atoms with Gasteiger partial charge in [-0.15, -0.1) is 0 Å². The van der Waals surface area contributed by atoms with Gasteiger partial charge in [0.25, 0.3) is 0 Å². The van der Waals surface area contributed by atoms with E-state index in [0.717, 1.165) is 37.0 Å². The second kappa shape index (κ2) is 5.13. The summed E-state index contributed by atoms with van der Waals surface area (Å²) in [6.45, 7) is 6.31. The lowest BCUT2D eigenvalue weighted by Crippen LogP contribution is -2.24. The minimum atomic E-state index is -0.133. The van der Waals surface area contributed by atoms with E-state index in [9.17, 15) is 4.79 Å². The van der Waals surface area contributed by atoms with Crippen molar-refractivity contribution in [3.8, 4) is 5.75 Å². The Morgan fingerprint density at radius 3 is 2.83 bits per heavy atom. The Morgan fingerprint density at radius 1 is 1.33 bits per heavy atom. The first-order valence-corrected chi connectivity index (χ1v) is 6.87. The van der Waals surface area contributed by atoms with Crippen molar-refractivity contribution in [3.05, 3.63) is 29.3 Å². The van der Waals surface area contributed by atoms with Crippen molar-refractivity contribution >= 4 is 5.78 Å². The first-order chi connectivity index (χ1) is 8.52. The number of unbranched alkanes of at least 4 members (excludes halogenated alkanes) is 2. The Bertz CT molecular complexity index is 446. The predicted octanol–water partition coefficient (Wildman–Crippen LogP) is 4.16. The third kappa shape index (κ3) is 2.92. The zero-order valence-corrected chi connectivity index (χ0v) is 11.6. The van der Waals surface area contributed by atoms with Gasteiger partial charge < -0.3 is 4.74 Å². The van der Waals surface area contributed by atoms with E-state index in [-0.39, 0.29) is 11.4 Å². The second-order valence-electron chi connectivity index (χ2n) is 5.74. The van der Waals surface area contributed by atoms with Crippen LogP contribution in [0, 0.1) is 0 Å². The average molecular weight is 246 g/mol. The number of carbonyl (C=O) groups excluding carboxylic acids is 1. The first kappa shape index (κ1) is 13.1. The van der Waals surface area contributed by atoms with Crippen LogP contribution in [0.3, 0.4) is 0 Å². The molecule has 0 saturated carbocycles. The lowest BCUT2D eigenvalue weighted by Gasteiger charge is -2.16. The molecule has 0 fully saturated rings. The minimum Gasteiger partial charge on any atom is -0.487 e. The lowest BCUT2D eigenvalue weighted by molar-refractivity contribution is 0.0979. The van der Waals surface area contributed by atoms with Crippen LogP contribution in [0.25, 0.3) is 0 Å². The van der Waals surface area contributed by atoms with Gasteiger partial charge in [0.05, 0.1) is 0 Å². The number of Topliss-reactive ketones (excluding diaryl/α,β-unsaturated/α-hetero) is 1. The summed E-state index contributed by atoms with van der Waals surface area (Å²) in [4.78, 5) is 12.0. The summed E-state index contributed by atoms with van der Waals surface area (Å²) in [7, 11) is 0. The Hall–Kier alpha value is -1.31. The molecule has 0 aliphatic carbocycles. The van der Waals surface area contributed by atoms with Crippen LogP contribution in [0.4, 0.5) is 0 Å². The van der Waals surface area contributed by atoms with Gasteiger partial charge in [0, 0.05) is 18.4 Å². The van der Waals surface area contributed by atoms with Gasteiger partial charge in [0.15, 0.2) is 5.78 Å². The molecule has 1 aliphatic rings. The summed E-state index contributed by atoms with van der Waals surface area (Å²) in [5.41, 5.74) is 1.87. The third-order valence-corrected chi connectivity index (χ3v) is 3.39. The van der Waals surface area contributed by atoms with Crippen LogP contribution >= 0.6 is 0 Å². The third-order valence-electron chi connectivity index (χ3n) is 3.39. The van der Waals surface area contributed by atoms with Crippen molar-refractivity contribution in [2.45, 2.75) is 58.5 Å². The summed E-state index contributed by atoms with van der Waals surface area (Å²) in [6, 6.07) is 5.85. The smallest absolute Gasteiger partial charge is 0.162 e. The molecule has 18 heavy (non-hydrogen) atoms. The zero-order chi connectivity index (χ0) is 13.2. The van der Waals surface area contributed by atoms with Crippen molar-refractivity contribution in [1.29, 1.82) is 0 Å². The molecule has 2 rings (SSSR count). The number of hydrogen-bond donors (Lipinski definition) is 0. The molecule has 1 aromatic carbocycles. The molecule has 2 nitrogen and oxygen atoms in total. The molecular formula is C16H22O2. The number of rotatable bonds is 5. The Morgan fingerprint density at radius 2 is 2.11 bits per heavy atom. The summed E-state index contributed by atoms with van der Waals surface area (Å²) < 4.78 is 5.82. The van der Waals surface area contributed by atoms with Gasteiger partial charge >= 0.3 is 0 Å². The van der Waals surface area contributed by atoms with Crippen LogP contribution in [0.5, 0.6) is 5.75 Å². The Kier molecular flexibility index (Phi) is 3.74. The van der Waals surface area contributed by atoms with Gasteiger partial charge in [-0.1, -0.05) is 19.8 Å². The van der Waals surface area contributed by atoms with Gasteiger partial charge in [0.2, 0.25) is 0 Å². The van der Waals surface area contributed by atoms with Crippen LogP contribution < -0.4 is 4.74 Å². The number of fused-ring (bicyclic) bond motifs is 1. The number of ether oxygens (including phenoxy) is 1. The van der Waals surface area contributed by atoms with E-state index in [1.54, 1.807) is 0 Å². The predicted molar refractivity (Wildman–Crippen MR) is 73.3 cm³/mol. The molecule has 1 aliphatic heterocycles. The molecular weight excluding hydrogens is 224 g/mol. The van der Waals surface area contributed by atoms with E-state index in [0.29, 0.717) is 6.42 Å². The summed E-state index contributed by atoms with van der Waals surface area (Å²) >= 11 is 0. The maximum absolute atomic E-state index is 12.0. The van der Waals surface area contributed by atoms with Crippen LogP contribution in [0.2, 0.25) is 0 Å². The van der Waals surface area contributed by atoms with Gasteiger partial charge in [-0.25, -0.2) is 0 Å². The maximum atomic E-state index is 12.0. The number of carbonyl (C=O) groups is 1. The van der Waals surface area contributed by atoms with E-state index in [4.69, 9.17) is 4.74 Å². The fourth-order valence-electron chi connectivity index (χ4n) is 2.46. The maximum Gasteiger partial charge on any atom is 0.162 e. The highest BCUT2D eigenvalue weighted by Gasteiger charge is 2.30. The van der Waals surface area contributed by atoms with Crippen molar-refractivity contribution in [3.63, 3.8) is 0 Å². The van der Waals surface area contributed by atoms with Crippen LogP contribution in [0.15, 0.2) is 18.2 Å². The standard InChI is InChI=1S/C16H22O2/c1-4-5-6-7-14(17)12-8-9-15-13(10-12)11-16(2,3)18-15/h8-10H,4-7,11H2,1-3H3. The molecule has 0 aromatic heterocycles. The summed E-state index contributed by atoms with van der Waals surface area (Å²) in [6.07, 6.45) is 4.83. The molecule has 1 aromatic rings. The molecule has 0 N–H and O–H groups in total. The molecule has 0 amide bonds. The van der Waals surface area contributed by atoms with Crippen LogP contribution in [-0.2, 0) is 6.42 Å². The molecule has 1 heterocycles. The van der Waals surface area contributed by atoms with Gasteiger partial charge in [-0.3, -0.25) is 4.79 Å². The van der Waals surface area contributed by atoms with E-state index in [1.165, 1.54) is 5.56 Å². The highest BCUT2D eigenvalue weighted by Crippen LogP contribution is 2.35. The fourth-order valence-corrected chi connectivity index (χ4v) is 2.46. The number of hydrogen-bond acceptors (Lipinski definition) is 2. The van der Waals surface area contributed by atoms with E-state index >= 15 is 0 Å². The normalized spacial score (nSPS) is 16.2. The highest BCUT2D eigenvalue weighted by atomic mass is 16.5. The Balaban J connectivity index is 2.06. The minimum absolute atomic E-state index is 0.133. The fraction of sp³-hybridized carbons (Fsp3) is 0.562. The molecule has 2 heteroatoms. The van der Waals surface area contributed by atoms with Gasteiger partial charge in [-0.2, -0.15) is 0 Å². The first-order valence-electron chi connectivity index (χ1n) is 6.87. The van der Waals surface area contributed by atoms with Crippen molar-refractivity contribution < 1.29 is 9.53 Å². The highest BCUT2D eigenvalue weighted by molar-refractivity contribution is 5.96. The SMILES string of the molecule is CCCCCC(=O)c1ccc2c(c1)CC(C)(C)O2. The molecule has 0 saturated heterocycles. The van der Waals surface area contributed by atoms with Gasteiger partial charge in [-0.05, 0) is 44.0 Å². The van der Waals surface area contributed by atoms with Crippen LogP contribution in [-0.4, -0.2) is 11.4 Å². The van der Waals surface area contributed by atoms with E-state index < -0.39 is 0 Å². The molecule has 0 bridgehead atoms. The molecule has 98 valence electrons. The molecule has 0 atom stereocenters. The van der Waals surface area contributed by atoms with E-state index in [1.807, 2.05) is 18.2 Å². The number of benzene rings is 1. The van der Waals surface area contributed by atoms with Gasteiger partial charge in [0.1, 0.15) is 11.4 Å². The zero-order valence-electron chi connectivity index (χ0n) is 11.6. The second-order valence-corrected chi connectivity index (χ2v) is 5.74. The monoisotopic (exact) mass is 246 g/mol. The number of ketones is 1. The largest absolute Gasteiger partial charge is 0.487 e. The van der Waals surface area contributed by atoms with Crippen molar-refractivity contribution in [2.24, 2.45) is 0 Å². The average Bonchev–Trinajstić information content (AvgIpc) is 2.61. The topological polar surface area (TPSA) is 26.3 Å². The molecule has 0 unspecified atom stereocenters.